The summed E-state index contributed by atoms with van der Waals surface area (Å²) in [6, 6.07) is 17.2. The number of anilines is 3. The van der Waals surface area contributed by atoms with Crippen LogP contribution in [0.15, 0.2) is 54.7 Å². The van der Waals surface area contributed by atoms with E-state index < -0.39 is 0 Å². The molecule has 164 valence electrons. The highest BCUT2D eigenvalue weighted by molar-refractivity contribution is 5.73. The van der Waals surface area contributed by atoms with Crippen molar-refractivity contribution in [2.45, 2.75) is 44.2 Å². The van der Waals surface area contributed by atoms with Crippen LogP contribution in [0.2, 0.25) is 0 Å². The smallest absolute Gasteiger partial charge is 0.243 e. The van der Waals surface area contributed by atoms with Gasteiger partial charge in [-0.2, -0.15) is 10.1 Å². The second kappa shape index (κ2) is 8.27. The molecule has 32 heavy (non-hydrogen) atoms. The van der Waals surface area contributed by atoms with E-state index in [1.54, 1.807) is 0 Å². The average Bonchev–Trinajstić information content (AvgIpc) is 3.37. The summed E-state index contributed by atoms with van der Waals surface area (Å²) in [6.45, 7) is 3.15. The first-order chi connectivity index (χ1) is 15.8. The number of aromatic amines is 1. The number of piperidine rings is 1. The fourth-order valence-electron chi connectivity index (χ4n) is 4.47. The molecule has 0 unspecified atom stereocenters. The molecule has 0 spiro atoms. The third-order valence-corrected chi connectivity index (χ3v) is 6.42. The van der Waals surface area contributed by atoms with Crippen LogP contribution in [0, 0.1) is 0 Å². The highest BCUT2D eigenvalue weighted by Gasteiger charge is 2.26. The minimum Gasteiger partial charge on any atom is -0.350 e. The number of H-pyrrole nitrogens is 1. The Bertz CT molecular complexity index is 1190. The molecule has 3 N–H and O–H groups in total. The summed E-state index contributed by atoms with van der Waals surface area (Å²) in [5.74, 6) is 2.86. The molecule has 6 rings (SSSR count). The molecule has 1 aromatic carbocycles. The van der Waals surface area contributed by atoms with Gasteiger partial charge in [0.05, 0.1) is 0 Å². The maximum absolute atomic E-state index is 4.80. The molecule has 0 bridgehead atoms. The molecule has 8 nitrogen and oxygen atoms in total. The average molecular weight is 429 g/mol. The number of aromatic nitrogens is 5. The van der Waals surface area contributed by atoms with Gasteiger partial charge in [-0.3, -0.25) is 10.00 Å². The zero-order chi connectivity index (χ0) is 21.3. The zero-order valence-corrected chi connectivity index (χ0v) is 18.0. The molecule has 2 fully saturated rings. The summed E-state index contributed by atoms with van der Waals surface area (Å²) < 4.78 is 1.87. The molecular formula is C24H28N8. The summed E-state index contributed by atoms with van der Waals surface area (Å²) >= 11 is 0. The van der Waals surface area contributed by atoms with Crippen LogP contribution in [0.5, 0.6) is 0 Å². The van der Waals surface area contributed by atoms with Gasteiger partial charge < -0.3 is 10.6 Å². The Morgan fingerprint density at radius 3 is 2.66 bits per heavy atom. The number of likely N-dealkylation sites (tertiary alicyclic amines) is 1. The molecule has 4 heterocycles. The van der Waals surface area contributed by atoms with Crippen molar-refractivity contribution in [1.82, 2.24) is 29.7 Å². The molecular weight excluding hydrogens is 400 g/mol. The molecule has 3 aromatic heterocycles. The Kier molecular flexibility index (Phi) is 4.99. The van der Waals surface area contributed by atoms with E-state index in [1.807, 2.05) is 22.8 Å². The van der Waals surface area contributed by atoms with Crippen LogP contribution >= 0.6 is 0 Å². The molecule has 4 aromatic rings. The second-order valence-corrected chi connectivity index (χ2v) is 8.91. The summed E-state index contributed by atoms with van der Waals surface area (Å²) in [6.07, 6.45) is 6.60. The first-order valence-electron chi connectivity index (χ1n) is 11.5. The van der Waals surface area contributed by atoms with Gasteiger partial charge in [-0.25, -0.2) is 4.52 Å². The normalized spacial score (nSPS) is 17.6. The predicted octanol–water partition coefficient (Wildman–Crippen LogP) is 4.15. The van der Waals surface area contributed by atoms with E-state index in [0.717, 1.165) is 49.6 Å². The van der Waals surface area contributed by atoms with Crippen molar-refractivity contribution in [3.63, 3.8) is 0 Å². The first-order valence-corrected chi connectivity index (χ1v) is 11.5. The third-order valence-electron chi connectivity index (χ3n) is 6.42. The van der Waals surface area contributed by atoms with Crippen LogP contribution in [-0.4, -0.2) is 48.8 Å². The molecule has 0 amide bonds. The summed E-state index contributed by atoms with van der Waals surface area (Å²) in [5, 5.41) is 19.2. The topological polar surface area (TPSA) is 86.2 Å². The fraction of sp³-hybridized carbons (Fsp3) is 0.375. The Morgan fingerprint density at radius 1 is 1.00 bits per heavy atom. The Morgan fingerprint density at radius 2 is 1.84 bits per heavy atom. The van der Waals surface area contributed by atoms with Gasteiger partial charge in [0, 0.05) is 49.6 Å². The molecule has 8 heteroatoms. The van der Waals surface area contributed by atoms with E-state index in [1.165, 1.54) is 24.1 Å². The van der Waals surface area contributed by atoms with Gasteiger partial charge in [0.1, 0.15) is 5.52 Å². The van der Waals surface area contributed by atoms with E-state index in [0.29, 0.717) is 17.9 Å². The van der Waals surface area contributed by atoms with Crippen molar-refractivity contribution in [3.8, 4) is 0 Å². The highest BCUT2D eigenvalue weighted by atomic mass is 15.3. The molecule has 1 aliphatic heterocycles. The highest BCUT2D eigenvalue weighted by Crippen LogP contribution is 2.39. The number of hydrogen-bond acceptors (Lipinski definition) is 6. The monoisotopic (exact) mass is 428 g/mol. The van der Waals surface area contributed by atoms with Crippen LogP contribution in [0.3, 0.4) is 0 Å². The lowest BCUT2D eigenvalue weighted by molar-refractivity contribution is 0.211. The van der Waals surface area contributed by atoms with Crippen LogP contribution in [0.4, 0.5) is 17.6 Å². The maximum atomic E-state index is 4.80. The van der Waals surface area contributed by atoms with Crippen molar-refractivity contribution < 1.29 is 0 Å². The standard InChI is InChI=1S/C24H28N8/c1-2-5-17(6-3-1)16-31-13-10-19(11-14-31)25-24-27-23(21-7-4-12-32(21)30-24)26-22-15-20(28-29-22)18-8-9-18/h1-7,12,15,18-19H,8-11,13-14,16H2,(H3,25,26,27,28,29,30). The van der Waals surface area contributed by atoms with E-state index >= 15 is 0 Å². The number of hydrogen-bond donors (Lipinski definition) is 3. The van der Waals surface area contributed by atoms with E-state index in [2.05, 4.69) is 67.2 Å². The van der Waals surface area contributed by atoms with Crippen molar-refractivity contribution in [2.24, 2.45) is 0 Å². The summed E-state index contributed by atoms with van der Waals surface area (Å²) in [5.41, 5.74) is 3.51. The molecule has 0 radical (unpaired) electrons. The Balaban J connectivity index is 1.13. The molecule has 1 saturated heterocycles. The Hall–Kier alpha value is -3.39. The van der Waals surface area contributed by atoms with E-state index in [9.17, 15) is 0 Å². The van der Waals surface area contributed by atoms with Gasteiger partial charge in [-0.05, 0) is 43.4 Å². The lowest BCUT2D eigenvalue weighted by atomic mass is 10.0. The minimum atomic E-state index is 0.370. The Labute approximate surface area is 187 Å². The molecule has 0 atom stereocenters. The number of nitrogens with zero attached hydrogens (tertiary/aromatic N) is 5. The van der Waals surface area contributed by atoms with E-state index in [4.69, 9.17) is 4.98 Å². The van der Waals surface area contributed by atoms with Crippen molar-refractivity contribution in [2.75, 3.05) is 23.7 Å². The van der Waals surface area contributed by atoms with Crippen molar-refractivity contribution >= 4 is 23.1 Å². The molecule has 2 aliphatic rings. The second-order valence-electron chi connectivity index (χ2n) is 8.91. The van der Waals surface area contributed by atoms with Crippen LogP contribution < -0.4 is 10.6 Å². The lowest BCUT2D eigenvalue weighted by Crippen LogP contribution is -2.39. The van der Waals surface area contributed by atoms with Crippen LogP contribution in [-0.2, 0) is 6.54 Å². The number of fused-ring (bicyclic) bond motifs is 1. The molecule has 1 saturated carbocycles. The van der Waals surface area contributed by atoms with E-state index in [-0.39, 0.29) is 0 Å². The lowest BCUT2D eigenvalue weighted by Gasteiger charge is -2.32. The third kappa shape index (κ3) is 4.18. The largest absolute Gasteiger partial charge is 0.350 e. The van der Waals surface area contributed by atoms with Gasteiger partial charge in [0.2, 0.25) is 5.95 Å². The number of rotatable bonds is 7. The first kappa shape index (κ1) is 19.3. The van der Waals surface area contributed by atoms with Crippen LogP contribution in [0.25, 0.3) is 5.52 Å². The van der Waals surface area contributed by atoms with Crippen LogP contribution in [0.1, 0.15) is 42.9 Å². The number of nitrogens with one attached hydrogen (secondary N) is 3. The van der Waals surface area contributed by atoms with Crippen molar-refractivity contribution in [1.29, 1.82) is 0 Å². The maximum Gasteiger partial charge on any atom is 0.243 e. The van der Waals surface area contributed by atoms with Crippen molar-refractivity contribution in [3.05, 3.63) is 66.0 Å². The number of benzene rings is 1. The molecule has 1 aliphatic carbocycles. The summed E-state index contributed by atoms with van der Waals surface area (Å²) in [7, 11) is 0. The van der Waals surface area contributed by atoms with Gasteiger partial charge in [0.15, 0.2) is 11.6 Å². The quantitative estimate of drug-likeness (QED) is 0.410. The summed E-state index contributed by atoms with van der Waals surface area (Å²) in [4.78, 5) is 7.32. The van der Waals surface area contributed by atoms with Gasteiger partial charge in [-0.1, -0.05) is 30.3 Å². The SMILES string of the molecule is c1ccc(CN2CCC(Nc3nc(Nc4cc(C5CC5)[nH]n4)c4cccn4n3)CC2)cc1. The minimum absolute atomic E-state index is 0.370. The van der Waals surface area contributed by atoms with Gasteiger partial charge >= 0.3 is 0 Å². The fourth-order valence-corrected chi connectivity index (χ4v) is 4.47. The zero-order valence-electron chi connectivity index (χ0n) is 18.0. The van der Waals surface area contributed by atoms with Gasteiger partial charge in [-0.15, -0.1) is 5.10 Å². The van der Waals surface area contributed by atoms with Gasteiger partial charge in [0.25, 0.3) is 0 Å². The predicted molar refractivity (Wildman–Crippen MR) is 125 cm³/mol.